The van der Waals surface area contributed by atoms with Crippen LogP contribution in [0.5, 0.6) is 11.5 Å². The van der Waals surface area contributed by atoms with Gasteiger partial charge < -0.3 is 28.9 Å². The molecule has 2 atom stereocenters. The van der Waals surface area contributed by atoms with Crippen molar-refractivity contribution in [2.45, 2.75) is 62.2 Å². The van der Waals surface area contributed by atoms with Crippen molar-refractivity contribution in [2.24, 2.45) is 0 Å². The first kappa shape index (κ1) is 34.6. The maximum Gasteiger partial charge on any atom is 0.371 e. The number of thioether (sulfide) groups is 1. The standard InChI is InChI=1S/C35H35ClO9S/c1-3-10-25-27(15-14-23(21(2)37)33(25)39)43-18-9-7-5-4-6-8-11-31(34(40)28-16-17-32(36)45-28)46-22-12-13-24-26(38)20-30(35(41)42)44-29(24)19-22/h4,6,8,11-17,19-20,31,34,39-40H,3,5,7,9-10,18H2,1-2H3,(H,41,42)/b6-4-,11-8+/t31-,34+/m0/s1. The van der Waals surface area contributed by atoms with Crippen LogP contribution in [-0.4, -0.2) is 38.9 Å². The molecule has 0 unspecified atom stereocenters. The van der Waals surface area contributed by atoms with E-state index >= 15 is 0 Å². The number of ether oxygens (including phenoxy) is 1. The highest BCUT2D eigenvalue weighted by atomic mass is 35.5. The summed E-state index contributed by atoms with van der Waals surface area (Å²) in [5.74, 6) is -1.11. The maximum absolute atomic E-state index is 12.3. The fourth-order valence-corrected chi connectivity index (χ4v) is 5.97. The number of aromatic hydroxyl groups is 1. The van der Waals surface area contributed by atoms with E-state index in [2.05, 4.69) is 0 Å². The van der Waals surface area contributed by atoms with Crippen molar-refractivity contribution in [3.05, 3.63) is 111 Å². The van der Waals surface area contributed by atoms with Crippen LogP contribution in [0.25, 0.3) is 11.0 Å². The SMILES string of the molecule is CCCc1c(OCCCC/C=C\C=C\[C@H](Sc2ccc3c(=O)cc(C(=O)O)oc3c2)[C@H](O)c2ccc(Cl)o2)ccc(C(C)=O)c1O. The predicted molar refractivity (Wildman–Crippen MR) is 177 cm³/mol. The Morgan fingerprint density at radius 2 is 1.87 bits per heavy atom. The zero-order chi connectivity index (χ0) is 33.2. The minimum Gasteiger partial charge on any atom is -0.507 e. The van der Waals surface area contributed by atoms with E-state index in [9.17, 15) is 29.7 Å². The Morgan fingerprint density at radius 1 is 1.07 bits per heavy atom. The van der Waals surface area contributed by atoms with E-state index in [1.165, 1.54) is 18.7 Å². The first-order valence-corrected chi connectivity index (χ1v) is 16.1. The number of carboxylic acids is 1. The summed E-state index contributed by atoms with van der Waals surface area (Å²) in [5.41, 5.74) is 0.626. The minimum atomic E-state index is -1.34. The number of phenolic OH excluding ortho intramolecular Hbond substituents is 1. The number of rotatable bonds is 16. The number of hydrogen-bond donors (Lipinski definition) is 3. The number of aliphatic hydroxyl groups excluding tert-OH is 1. The lowest BCUT2D eigenvalue weighted by Gasteiger charge is -2.18. The first-order valence-electron chi connectivity index (χ1n) is 14.8. The van der Waals surface area contributed by atoms with Crippen molar-refractivity contribution >= 4 is 46.1 Å². The highest BCUT2D eigenvalue weighted by Crippen LogP contribution is 2.36. The number of ketones is 1. The smallest absolute Gasteiger partial charge is 0.371 e. The van der Waals surface area contributed by atoms with Gasteiger partial charge in [0.25, 0.3) is 0 Å². The lowest BCUT2D eigenvalue weighted by atomic mass is 10.0. The van der Waals surface area contributed by atoms with Crippen molar-refractivity contribution in [2.75, 3.05) is 6.61 Å². The molecule has 0 spiro atoms. The number of hydrogen-bond acceptors (Lipinski definition) is 9. The Morgan fingerprint density at radius 3 is 2.57 bits per heavy atom. The van der Waals surface area contributed by atoms with Gasteiger partial charge in [-0.15, -0.1) is 11.8 Å². The van der Waals surface area contributed by atoms with Gasteiger partial charge >= 0.3 is 5.97 Å². The van der Waals surface area contributed by atoms with E-state index in [1.807, 2.05) is 31.2 Å². The molecule has 11 heteroatoms. The normalized spacial score (nSPS) is 13.0. The van der Waals surface area contributed by atoms with E-state index in [0.717, 1.165) is 31.7 Å². The quantitative estimate of drug-likeness (QED) is 0.0463. The number of phenols is 1. The van der Waals surface area contributed by atoms with Gasteiger partial charge in [0, 0.05) is 16.5 Å². The molecule has 242 valence electrons. The summed E-state index contributed by atoms with van der Waals surface area (Å²) in [5, 5.41) is 30.7. The number of Topliss-reactive ketones (excluding diaryl/α,β-unsaturated/α-hetero) is 1. The van der Waals surface area contributed by atoms with Gasteiger partial charge in [0.15, 0.2) is 16.4 Å². The van der Waals surface area contributed by atoms with E-state index < -0.39 is 28.5 Å². The largest absolute Gasteiger partial charge is 0.507 e. The second kappa shape index (κ2) is 16.4. The van der Waals surface area contributed by atoms with Gasteiger partial charge in [0.1, 0.15) is 28.9 Å². The maximum atomic E-state index is 12.3. The Bertz CT molecular complexity index is 1800. The lowest BCUT2D eigenvalue weighted by molar-refractivity contribution is 0.0662. The monoisotopic (exact) mass is 666 g/mol. The molecule has 0 aliphatic heterocycles. The summed E-state index contributed by atoms with van der Waals surface area (Å²) in [6.45, 7) is 3.90. The van der Waals surface area contributed by atoms with Gasteiger partial charge in [0.05, 0.1) is 22.8 Å². The molecular weight excluding hydrogens is 632 g/mol. The molecule has 4 rings (SSSR count). The Kier molecular flexibility index (Phi) is 12.3. The van der Waals surface area contributed by atoms with Gasteiger partial charge in [-0.1, -0.05) is 37.6 Å². The average molecular weight is 667 g/mol. The number of aliphatic hydroxyl groups is 1. The average Bonchev–Trinajstić information content (AvgIpc) is 3.46. The van der Waals surface area contributed by atoms with Crippen LogP contribution in [-0.2, 0) is 6.42 Å². The summed E-state index contributed by atoms with van der Waals surface area (Å²) in [7, 11) is 0. The van der Waals surface area contributed by atoms with Gasteiger partial charge in [-0.05, 0) is 86.7 Å². The highest BCUT2D eigenvalue weighted by molar-refractivity contribution is 8.00. The molecule has 0 fully saturated rings. The molecule has 2 aromatic carbocycles. The molecule has 3 N–H and O–H groups in total. The minimum absolute atomic E-state index is 0.00200. The van der Waals surface area contributed by atoms with Crippen molar-refractivity contribution < 1.29 is 38.5 Å². The zero-order valence-corrected chi connectivity index (χ0v) is 27.0. The molecule has 2 aromatic heterocycles. The molecule has 0 saturated heterocycles. The van der Waals surface area contributed by atoms with Crippen LogP contribution in [0.2, 0.25) is 5.22 Å². The van der Waals surface area contributed by atoms with E-state index in [4.69, 9.17) is 25.2 Å². The molecule has 9 nitrogen and oxygen atoms in total. The van der Waals surface area contributed by atoms with E-state index in [1.54, 1.807) is 42.5 Å². The Balaban J connectivity index is 1.37. The van der Waals surface area contributed by atoms with Crippen LogP contribution in [0, 0.1) is 0 Å². The van der Waals surface area contributed by atoms with Crippen LogP contribution in [0.3, 0.4) is 0 Å². The number of carboxylic acid groups (broad SMARTS) is 1. The number of benzene rings is 2. The number of carbonyl (C=O) groups is 2. The molecule has 0 saturated carbocycles. The number of allylic oxidation sites excluding steroid dienone is 3. The van der Waals surface area contributed by atoms with Gasteiger partial charge in [-0.3, -0.25) is 9.59 Å². The Hall–Kier alpha value is -4.25. The number of halogens is 1. The van der Waals surface area contributed by atoms with E-state index in [0.29, 0.717) is 34.8 Å². The van der Waals surface area contributed by atoms with Crippen LogP contribution in [0.1, 0.15) is 77.9 Å². The summed E-state index contributed by atoms with van der Waals surface area (Å²) in [6, 6.07) is 12.2. The summed E-state index contributed by atoms with van der Waals surface area (Å²) >= 11 is 7.21. The molecule has 0 bridgehead atoms. The molecule has 4 aromatic rings. The van der Waals surface area contributed by atoms with Crippen LogP contribution >= 0.6 is 23.4 Å². The second-order valence-corrected chi connectivity index (χ2v) is 12.1. The molecule has 0 aliphatic carbocycles. The molecule has 0 aliphatic rings. The fourth-order valence-electron chi connectivity index (χ4n) is 4.75. The number of aromatic carboxylic acids is 1. The van der Waals surface area contributed by atoms with Crippen molar-refractivity contribution in [1.82, 2.24) is 0 Å². The Labute approximate surface area is 275 Å². The summed E-state index contributed by atoms with van der Waals surface area (Å²) < 4.78 is 16.8. The van der Waals surface area contributed by atoms with Crippen LogP contribution < -0.4 is 10.2 Å². The molecule has 2 heterocycles. The van der Waals surface area contributed by atoms with Gasteiger partial charge in [-0.2, -0.15) is 0 Å². The van der Waals surface area contributed by atoms with Crippen LogP contribution in [0.4, 0.5) is 0 Å². The van der Waals surface area contributed by atoms with E-state index in [-0.39, 0.29) is 33.5 Å². The van der Waals surface area contributed by atoms with Gasteiger partial charge in [0.2, 0.25) is 5.76 Å². The third kappa shape index (κ3) is 8.93. The second-order valence-electron chi connectivity index (χ2n) is 10.5. The predicted octanol–water partition coefficient (Wildman–Crippen LogP) is 8.15. The lowest BCUT2D eigenvalue weighted by Crippen LogP contribution is -2.12. The zero-order valence-electron chi connectivity index (χ0n) is 25.4. The fraction of sp³-hybridized carbons (Fsp3) is 0.286. The number of furan rings is 1. The first-order chi connectivity index (χ1) is 22.1. The molecule has 46 heavy (non-hydrogen) atoms. The highest BCUT2D eigenvalue weighted by Gasteiger charge is 2.23. The van der Waals surface area contributed by atoms with Crippen molar-refractivity contribution in [3.8, 4) is 11.5 Å². The van der Waals surface area contributed by atoms with Gasteiger partial charge in [-0.25, -0.2) is 4.79 Å². The third-order valence-electron chi connectivity index (χ3n) is 7.07. The van der Waals surface area contributed by atoms with Crippen molar-refractivity contribution in [3.63, 3.8) is 0 Å². The number of carbonyl (C=O) groups excluding carboxylic acids is 1. The third-order valence-corrected chi connectivity index (χ3v) is 8.49. The van der Waals surface area contributed by atoms with Crippen molar-refractivity contribution in [1.29, 1.82) is 0 Å². The topological polar surface area (TPSA) is 147 Å². The summed E-state index contributed by atoms with van der Waals surface area (Å²) in [4.78, 5) is 36.1. The molecule has 0 amide bonds. The molecule has 0 radical (unpaired) electrons. The number of fused-ring (bicyclic) bond motifs is 1. The summed E-state index contributed by atoms with van der Waals surface area (Å²) in [6.07, 6.45) is 10.3. The van der Waals surface area contributed by atoms with Crippen LogP contribution in [0.15, 0.2) is 91.4 Å². The number of unbranched alkanes of at least 4 members (excludes halogenated alkanes) is 2. The molecular formula is C35H35ClO9S.